The van der Waals surface area contributed by atoms with Crippen molar-refractivity contribution in [1.82, 2.24) is 20.3 Å². The van der Waals surface area contributed by atoms with Crippen molar-refractivity contribution in [2.45, 2.75) is 64.0 Å². The van der Waals surface area contributed by atoms with Gasteiger partial charge in [-0.15, -0.1) is 5.10 Å². The number of aliphatic hydroxyl groups excluding tert-OH is 1. The summed E-state index contributed by atoms with van der Waals surface area (Å²) in [5.74, 6) is 0.615. The highest BCUT2D eigenvalue weighted by molar-refractivity contribution is 5.76. The third-order valence-electron chi connectivity index (χ3n) is 4.27. The molecule has 0 radical (unpaired) electrons. The van der Waals surface area contributed by atoms with Crippen molar-refractivity contribution in [3.05, 3.63) is 12.4 Å². The lowest BCUT2D eigenvalue weighted by Gasteiger charge is -2.30. The molecule has 6 heteroatoms. The molecule has 0 spiro atoms. The van der Waals surface area contributed by atoms with Gasteiger partial charge in [-0.3, -0.25) is 9.48 Å². The first kappa shape index (κ1) is 15.9. The molecule has 1 aliphatic carbocycles. The third-order valence-corrected chi connectivity index (χ3v) is 4.27. The molecule has 1 aromatic rings. The number of amides is 1. The molecular formula is C15H26N4O2. The zero-order valence-corrected chi connectivity index (χ0v) is 12.6. The summed E-state index contributed by atoms with van der Waals surface area (Å²) >= 11 is 0. The van der Waals surface area contributed by atoms with Gasteiger partial charge in [0.1, 0.15) is 0 Å². The number of aliphatic hydroxyl groups is 1. The van der Waals surface area contributed by atoms with Crippen LogP contribution in [-0.4, -0.2) is 38.7 Å². The van der Waals surface area contributed by atoms with E-state index in [1.807, 2.05) is 0 Å². The van der Waals surface area contributed by atoms with Gasteiger partial charge in [0.05, 0.1) is 6.20 Å². The summed E-state index contributed by atoms with van der Waals surface area (Å²) in [6.07, 6.45) is 11.5. The van der Waals surface area contributed by atoms with Crippen molar-refractivity contribution in [3.63, 3.8) is 0 Å². The average Bonchev–Trinajstić information content (AvgIpc) is 3.01. The second-order valence-corrected chi connectivity index (χ2v) is 5.85. The largest absolute Gasteiger partial charge is 0.396 e. The van der Waals surface area contributed by atoms with Crippen molar-refractivity contribution >= 4 is 5.91 Å². The number of carbonyl (C=O) groups excluding carboxylic acids is 1. The van der Waals surface area contributed by atoms with E-state index in [0.29, 0.717) is 25.3 Å². The molecule has 0 saturated heterocycles. The molecule has 118 valence electrons. The Balaban J connectivity index is 1.72. The first-order valence-electron chi connectivity index (χ1n) is 8.04. The van der Waals surface area contributed by atoms with Gasteiger partial charge in [-0.05, 0) is 31.6 Å². The number of hydrogen-bond donors (Lipinski definition) is 2. The number of nitrogens with zero attached hydrogens (tertiary/aromatic N) is 3. The second kappa shape index (κ2) is 8.77. The Hall–Kier alpha value is -1.43. The third kappa shape index (κ3) is 5.46. The summed E-state index contributed by atoms with van der Waals surface area (Å²) in [5, 5.41) is 20.0. The summed E-state index contributed by atoms with van der Waals surface area (Å²) in [7, 11) is 0. The molecule has 21 heavy (non-hydrogen) atoms. The maximum atomic E-state index is 12.1. The van der Waals surface area contributed by atoms with Crippen molar-refractivity contribution in [3.8, 4) is 0 Å². The molecule has 1 saturated carbocycles. The predicted molar refractivity (Wildman–Crippen MR) is 79.5 cm³/mol. The Morgan fingerprint density at radius 2 is 2.19 bits per heavy atom. The van der Waals surface area contributed by atoms with Gasteiger partial charge < -0.3 is 10.4 Å². The van der Waals surface area contributed by atoms with E-state index in [0.717, 1.165) is 6.42 Å². The zero-order chi connectivity index (χ0) is 14.9. The highest BCUT2D eigenvalue weighted by atomic mass is 16.3. The SMILES string of the molecule is O=C(CCCn1ccnn1)NC(CCO)C1CCCCC1. The maximum Gasteiger partial charge on any atom is 0.220 e. The Kier molecular flexibility index (Phi) is 6.66. The Morgan fingerprint density at radius 3 is 2.86 bits per heavy atom. The number of aromatic nitrogens is 3. The van der Waals surface area contributed by atoms with Crippen molar-refractivity contribution in [2.24, 2.45) is 5.92 Å². The van der Waals surface area contributed by atoms with E-state index in [9.17, 15) is 9.90 Å². The van der Waals surface area contributed by atoms with Crippen LogP contribution in [0.3, 0.4) is 0 Å². The first-order chi connectivity index (χ1) is 10.3. The van der Waals surface area contributed by atoms with Gasteiger partial charge >= 0.3 is 0 Å². The Morgan fingerprint density at radius 1 is 1.38 bits per heavy atom. The highest BCUT2D eigenvalue weighted by Crippen LogP contribution is 2.27. The normalized spacial score (nSPS) is 17.6. The minimum atomic E-state index is 0.0825. The number of hydrogen-bond acceptors (Lipinski definition) is 4. The summed E-state index contributed by atoms with van der Waals surface area (Å²) in [6, 6.07) is 0.133. The van der Waals surface area contributed by atoms with Crippen LogP contribution in [0.15, 0.2) is 12.4 Å². The monoisotopic (exact) mass is 294 g/mol. The van der Waals surface area contributed by atoms with E-state index < -0.39 is 0 Å². The number of nitrogens with one attached hydrogen (secondary N) is 1. The first-order valence-corrected chi connectivity index (χ1v) is 8.04. The van der Waals surface area contributed by atoms with E-state index in [1.54, 1.807) is 17.1 Å². The molecule has 1 amide bonds. The minimum Gasteiger partial charge on any atom is -0.396 e. The lowest BCUT2D eigenvalue weighted by Crippen LogP contribution is -2.41. The molecule has 0 aliphatic heterocycles. The molecule has 1 atom stereocenters. The van der Waals surface area contributed by atoms with Crippen LogP contribution in [0.25, 0.3) is 0 Å². The van der Waals surface area contributed by atoms with Gasteiger partial charge in [-0.2, -0.15) is 0 Å². The molecule has 2 N–H and O–H groups in total. The lowest BCUT2D eigenvalue weighted by molar-refractivity contribution is -0.122. The fourth-order valence-electron chi connectivity index (χ4n) is 3.13. The summed E-state index contributed by atoms with van der Waals surface area (Å²) in [6.45, 7) is 0.849. The molecule has 0 aromatic carbocycles. The van der Waals surface area contributed by atoms with E-state index in [-0.39, 0.29) is 18.6 Å². The van der Waals surface area contributed by atoms with Crippen molar-refractivity contribution in [2.75, 3.05) is 6.61 Å². The van der Waals surface area contributed by atoms with Crippen LogP contribution in [0.1, 0.15) is 51.4 Å². The molecular weight excluding hydrogens is 268 g/mol. The van der Waals surface area contributed by atoms with Crippen LogP contribution >= 0.6 is 0 Å². The van der Waals surface area contributed by atoms with Gasteiger partial charge in [0.25, 0.3) is 0 Å². The minimum absolute atomic E-state index is 0.0825. The van der Waals surface area contributed by atoms with Crippen LogP contribution in [0.2, 0.25) is 0 Å². The van der Waals surface area contributed by atoms with Crippen LogP contribution in [0.5, 0.6) is 0 Å². The van der Waals surface area contributed by atoms with E-state index >= 15 is 0 Å². The fourth-order valence-corrected chi connectivity index (χ4v) is 3.13. The molecule has 1 heterocycles. The molecule has 1 fully saturated rings. The number of rotatable bonds is 8. The molecule has 0 bridgehead atoms. The van der Waals surface area contributed by atoms with Crippen LogP contribution in [-0.2, 0) is 11.3 Å². The zero-order valence-electron chi connectivity index (χ0n) is 12.6. The van der Waals surface area contributed by atoms with Gasteiger partial charge in [0.15, 0.2) is 0 Å². The van der Waals surface area contributed by atoms with E-state index in [4.69, 9.17) is 0 Å². The van der Waals surface area contributed by atoms with Crippen molar-refractivity contribution < 1.29 is 9.90 Å². The van der Waals surface area contributed by atoms with Gasteiger partial charge in [0.2, 0.25) is 5.91 Å². The average molecular weight is 294 g/mol. The lowest BCUT2D eigenvalue weighted by atomic mass is 9.82. The summed E-state index contributed by atoms with van der Waals surface area (Å²) < 4.78 is 1.74. The summed E-state index contributed by atoms with van der Waals surface area (Å²) in [4.78, 5) is 12.1. The maximum absolute atomic E-state index is 12.1. The molecule has 1 aromatic heterocycles. The molecule has 2 rings (SSSR count). The number of aryl methyl sites for hydroxylation is 1. The van der Waals surface area contributed by atoms with Crippen LogP contribution in [0, 0.1) is 5.92 Å². The van der Waals surface area contributed by atoms with Crippen LogP contribution in [0.4, 0.5) is 0 Å². The van der Waals surface area contributed by atoms with E-state index in [2.05, 4.69) is 15.6 Å². The quantitative estimate of drug-likeness (QED) is 0.761. The topological polar surface area (TPSA) is 80.0 Å². The van der Waals surface area contributed by atoms with E-state index in [1.165, 1.54) is 32.1 Å². The Labute approximate surface area is 125 Å². The fraction of sp³-hybridized carbons (Fsp3) is 0.800. The van der Waals surface area contributed by atoms with Gasteiger partial charge in [0, 0.05) is 31.8 Å². The van der Waals surface area contributed by atoms with Gasteiger partial charge in [-0.1, -0.05) is 24.5 Å². The highest BCUT2D eigenvalue weighted by Gasteiger charge is 2.24. The number of carbonyl (C=O) groups is 1. The summed E-state index contributed by atoms with van der Waals surface area (Å²) in [5.41, 5.74) is 0. The smallest absolute Gasteiger partial charge is 0.220 e. The Bertz CT molecular complexity index is 402. The molecule has 6 nitrogen and oxygen atoms in total. The van der Waals surface area contributed by atoms with Gasteiger partial charge in [-0.25, -0.2) is 0 Å². The molecule has 1 unspecified atom stereocenters. The van der Waals surface area contributed by atoms with Crippen molar-refractivity contribution in [1.29, 1.82) is 0 Å². The standard InChI is InChI=1S/C15H26N4O2/c20-12-8-14(13-5-2-1-3-6-13)17-15(21)7-4-10-19-11-9-16-18-19/h9,11,13-14,20H,1-8,10,12H2,(H,17,21). The molecule has 1 aliphatic rings. The second-order valence-electron chi connectivity index (χ2n) is 5.85. The van der Waals surface area contributed by atoms with Crippen LogP contribution < -0.4 is 5.32 Å². The predicted octanol–water partition coefficient (Wildman–Crippen LogP) is 1.51.